The third kappa shape index (κ3) is 3.13. The lowest BCUT2D eigenvalue weighted by molar-refractivity contribution is 0.102. The van der Waals surface area contributed by atoms with E-state index in [2.05, 4.69) is 26.2 Å². The third-order valence-corrected chi connectivity index (χ3v) is 4.77. The molecule has 0 aliphatic heterocycles. The van der Waals surface area contributed by atoms with Crippen molar-refractivity contribution in [3.05, 3.63) is 82.5 Å². The second kappa shape index (κ2) is 6.77. The summed E-state index contributed by atoms with van der Waals surface area (Å²) in [7, 11) is 0. The number of pyridine rings is 1. The summed E-state index contributed by atoms with van der Waals surface area (Å²) < 4.78 is 6.52. The molecule has 2 aromatic heterocycles. The smallest absolute Gasteiger partial charge is 0.256 e. The minimum absolute atomic E-state index is 0.194. The predicted octanol–water partition coefficient (Wildman–Crippen LogP) is 5.82. The third-order valence-electron chi connectivity index (χ3n) is 4.08. The molecule has 0 saturated carbocycles. The van der Waals surface area contributed by atoms with Gasteiger partial charge in [-0.3, -0.25) is 4.79 Å². The Kier molecular flexibility index (Phi) is 4.31. The molecule has 4 rings (SSSR count). The van der Waals surface area contributed by atoms with Crippen LogP contribution < -0.4 is 5.32 Å². The molecule has 5 heteroatoms. The number of amides is 1. The van der Waals surface area contributed by atoms with Gasteiger partial charge in [0.1, 0.15) is 11.5 Å². The summed E-state index contributed by atoms with van der Waals surface area (Å²) in [4.78, 5) is 17.6. The molecule has 0 aliphatic carbocycles. The maximum absolute atomic E-state index is 13.0. The average Bonchev–Trinajstić information content (AvgIpc) is 3.09. The minimum Gasteiger partial charge on any atom is -0.460 e. The zero-order chi connectivity index (χ0) is 18.1. The van der Waals surface area contributed by atoms with Gasteiger partial charge in [-0.15, -0.1) is 0 Å². The van der Waals surface area contributed by atoms with E-state index < -0.39 is 0 Å². The SMILES string of the molecule is Cc1ccc(-c2cc(C(=O)Nc3ccccc3Br)c3ccccc3n2)o1. The number of para-hydroxylation sites is 2. The molecule has 26 heavy (non-hydrogen) atoms. The van der Waals surface area contributed by atoms with E-state index in [4.69, 9.17) is 4.42 Å². The van der Waals surface area contributed by atoms with E-state index in [-0.39, 0.29) is 5.91 Å². The lowest BCUT2D eigenvalue weighted by atomic mass is 10.1. The molecule has 0 bridgehead atoms. The number of fused-ring (bicyclic) bond motifs is 1. The highest BCUT2D eigenvalue weighted by atomic mass is 79.9. The number of furan rings is 1. The maximum atomic E-state index is 13.0. The standard InChI is InChI=1S/C21H15BrN2O2/c1-13-10-11-20(26-13)19-12-15(14-6-2-4-8-17(14)23-19)21(25)24-18-9-5-3-7-16(18)22/h2-12H,1H3,(H,24,25). The van der Waals surface area contributed by atoms with E-state index in [1.807, 2.05) is 67.6 Å². The largest absolute Gasteiger partial charge is 0.460 e. The van der Waals surface area contributed by atoms with Crippen LogP contribution in [0.5, 0.6) is 0 Å². The van der Waals surface area contributed by atoms with Crippen LogP contribution in [0.2, 0.25) is 0 Å². The van der Waals surface area contributed by atoms with Crippen molar-refractivity contribution in [2.24, 2.45) is 0 Å². The van der Waals surface area contributed by atoms with Crippen molar-refractivity contribution >= 4 is 38.4 Å². The van der Waals surface area contributed by atoms with Gasteiger partial charge in [-0.2, -0.15) is 0 Å². The Morgan fingerprint density at radius 3 is 2.58 bits per heavy atom. The Morgan fingerprint density at radius 2 is 1.81 bits per heavy atom. The summed E-state index contributed by atoms with van der Waals surface area (Å²) in [6.07, 6.45) is 0. The van der Waals surface area contributed by atoms with Gasteiger partial charge in [0.15, 0.2) is 5.76 Å². The first kappa shape index (κ1) is 16.5. The van der Waals surface area contributed by atoms with E-state index in [9.17, 15) is 4.79 Å². The quantitative estimate of drug-likeness (QED) is 0.466. The van der Waals surface area contributed by atoms with Crippen LogP contribution in [-0.2, 0) is 0 Å². The van der Waals surface area contributed by atoms with Crippen molar-refractivity contribution in [3.63, 3.8) is 0 Å². The zero-order valence-corrected chi connectivity index (χ0v) is 15.6. The monoisotopic (exact) mass is 406 g/mol. The molecule has 1 amide bonds. The van der Waals surface area contributed by atoms with E-state index in [0.29, 0.717) is 22.7 Å². The number of nitrogens with zero attached hydrogens (tertiary/aromatic N) is 1. The van der Waals surface area contributed by atoms with Gasteiger partial charge in [0.25, 0.3) is 5.91 Å². The topological polar surface area (TPSA) is 55.1 Å². The van der Waals surface area contributed by atoms with E-state index in [1.54, 1.807) is 6.07 Å². The van der Waals surface area contributed by atoms with Gasteiger partial charge in [-0.1, -0.05) is 30.3 Å². The number of carbonyl (C=O) groups is 1. The van der Waals surface area contributed by atoms with E-state index >= 15 is 0 Å². The molecule has 0 aliphatic rings. The summed E-state index contributed by atoms with van der Waals surface area (Å²) in [5.41, 5.74) is 2.65. The Balaban J connectivity index is 1.82. The second-order valence-corrected chi connectivity index (χ2v) is 6.77. The van der Waals surface area contributed by atoms with Crippen molar-refractivity contribution in [2.75, 3.05) is 5.32 Å². The Labute approximate surface area is 159 Å². The molecule has 1 N–H and O–H groups in total. The van der Waals surface area contributed by atoms with Gasteiger partial charge in [0.05, 0.1) is 16.8 Å². The molecule has 2 heterocycles. The normalized spacial score (nSPS) is 10.8. The molecule has 0 unspecified atom stereocenters. The minimum atomic E-state index is -0.194. The number of aromatic nitrogens is 1. The van der Waals surface area contributed by atoms with Crippen LogP contribution in [0.4, 0.5) is 5.69 Å². The Hall–Kier alpha value is -2.92. The van der Waals surface area contributed by atoms with Crippen LogP contribution in [0, 0.1) is 6.92 Å². The lowest BCUT2D eigenvalue weighted by Crippen LogP contribution is -2.13. The number of rotatable bonds is 3. The zero-order valence-electron chi connectivity index (χ0n) is 14.0. The van der Waals surface area contributed by atoms with E-state index in [0.717, 1.165) is 21.1 Å². The van der Waals surface area contributed by atoms with Crippen molar-refractivity contribution in [2.45, 2.75) is 6.92 Å². The molecular weight excluding hydrogens is 392 g/mol. The Bertz CT molecular complexity index is 1120. The first-order chi connectivity index (χ1) is 12.6. The number of halogens is 1. The first-order valence-electron chi connectivity index (χ1n) is 8.14. The van der Waals surface area contributed by atoms with Gasteiger partial charge in [0.2, 0.25) is 0 Å². The van der Waals surface area contributed by atoms with Crippen LogP contribution in [-0.4, -0.2) is 10.9 Å². The number of benzene rings is 2. The molecule has 0 radical (unpaired) electrons. The van der Waals surface area contributed by atoms with Crippen LogP contribution >= 0.6 is 15.9 Å². The molecule has 4 nitrogen and oxygen atoms in total. The fraction of sp³-hybridized carbons (Fsp3) is 0.0476. The summed E-state index contributed by atoms with van der Waals surface area (Å²) in [5.74, 6) is 1.25. The highest BCUT2D eigenvalue weighted by molar-refractivity contribution is 9.10. The van der Waals surface area contributed by atoms with Crippen LogP contribution in [0.1, 0.15) is 16.1 Å². The van der Waals surface area contributed by atoms with Crippen LogP contribution in [0.15, 0.2) is 75.6 Å². The molecular formula is C21H15BrN2O2. The van der Waals surface area contributed by atoms with Crippen molar-refractivity contribution < 1.29 is 9.21 Å². The van der Waals surface area contributed by atoms with Crippen molar-refractivity contribution in [1.29, 1.82) is 0 Å². The van der Waals surface area contributed by atoms with Gasteiger partial charge >= 0.3 is 0 Å². The summed E-state index contributed by atoms with van der Waals surface area (Å²) in [6, 6.07) is 20.6. The van der Waals surface area contributed by atoms with Gasteiger partial charge in [0, 0.05) is 9.86 Å². The van der Waals surface area contributed by atoms with Gasteiger partial charge in [-0.05, 0) is 59.3 Å². The molecule has 0 saturated heterocycles. The lowest BCUT2D eigenvalue weighted by Gasteiger charge is -2.11. The second-order valence-electron chi connectivity index (χ2n) is 5.92. The fourth-order valence-electron chi connectivity index (χ4n) is 2.81. The number of anilines is 1. The average molecular weight is 407 g/mol. The molecule has 4 aromatic rings. The number of aryl methyl sites for hydroxylation is 1. The summed E-state index contributed by atoms with van der Waals surface area (Å²) in [6.45, 7) is 1.88. The van der Waals surface area contributed by atoms with Gasteiger partial charge < -0.3 is 9.73 Å². The highest BCUT2D eigenvalue weighted by Gasteiger charge is 2.16. The number of hydrogen-bond acceptors (Lipinski definition) is 3. The maximum Gasteiger partial charge on any atom is 0.256 e. The van der Waals surface area contributed by atoms with Crippen LogP contribution in [0.3, 0.4) is 0 Å². The molecule has 128 valence electrons. The Morgan fingerprint density at radius 1 is 1.04 bits per heavy atom. The number of nitrogens with one attached hydrogen (secondary N) is 1. The first-order valence-corrected chi connectivity index (χ1v) is 8.93. The highest BCUT2D eigenvalue weighted by Crippen LogP contribution is 2.28. The van der Waals surface area contributed by atoms with Crippen LogP contribution in [0.25, 0.3) is 22.4 Å². The summed E-state index contributed by atoms with van der Waals surface area (Å²) in [5, 5.41) is 3.75. The molecule has 0 spiro atoms. The van der Waals surface area contributed by atoms with Crippen molar-refractivity contribution in [1.82, 2.24) is 4.98 Å². The number of hydrogen-bond donors (Lipinski definition) is 1. The van der Waals surface area contributed by atoms with Gasteiger partial charge in [-0.25, -0.2) is 4.98 Å². The number of carbonyl (C=O) groups excluding carboxylic acids is 1. The molecule has 0 atom stereocenters. The summed E-state index contributed by atoms with van der Waals surface area (Å²) >= 11 is 3.46. The fourth-order valence-corrected chi connectivity index (χ4v) is 3.20. The molecule has 2 aromatic carbocycles. The van der Waals surface area contributed by atoms with E-state index in [1.165, 1.54) is 0 Å². The molecule has 0 fully saturated rings. The predicted molar refractivity (Wildman–Crippen MR) is 106 cm³/mol. The van der Waals surface area contributed by atoms with Crippen molar-refractivity contribution in [3.8, 4) is 11.5 Å².